The van der Waals surface area contributed by atoms with Crippen LogP contribution < -0.4 is 39.0 Å². The largest absolute Gasteiger partial charge is 1.00 e. The molecule has 1 amide bonds. The number of nitrogens with two attached hydrogens (primary N) is 1. The summed E-state index contributed by atoms with van der Waals surface area (Å²) in [6.45, 7) is 8.10. The van der Waals surface area contributed by atoms with Crippen molar-refractivity contribution in [3.8, 4) is 5.75 Å². The predicted octanol–water partition coefficient (Wildman–Crippen LogP) is 0.497. The Labute approximate surface area is 176 Å². The zero-order valence-electron chi connectivity index (χ0n) is 15.9. The molecular weight excluding hydrogens is 459 g/mol. The molecule has 1 heterocycles. The third-order valence-corrected chi connectivity index (χ3v) is 3.98. The number of nitrogens with zero attached hydrogens (tertiary/aromatic N) is 1. The van der Waals surface area contributed by atoms with E-state index in [1.54, 1.807) is 22.9 Å². The summed E-state index contributed by atoms with van der Waals surface area (Å²) < 4.78 is 12.3. The lowest BCUT2D eigenvalue weighted by atomic mass is 9.94. The molecule has 0 aliphatic heterocycles. The van der Waals surface area contributed by atoms with Crippen molar-refractivity contribution in [3.05, 3.63) is 59.4 Å². The fraction of sp³-hybridized carbons (Fsp3) is 0.350. The number of benzene rings is 1. The van der Waals surface area contributed by atoms with Gasteiger partial charge in [0.1, 0.15) is 11.3 Å². The van der Waals surface area contributed by atoms with E-state index >= 15 is 0 Å². The molecule has 7 heteroatoms. The van der Waals surface area contributed by atoms with Gasteiger partial charge in [0.05, 0.1) is 0 Å². The molecule has 27 heavy (non-hydrogen) atoms. The second kappa shape index (κ2) is 10.2. The van der Waals surface area contributed by atoms with Crippen molar-refractivity contribution in [3.63, 3.8) is 0 Å². The van der Waals surface area contributed by atoms with E-state index in [0.717, 1.165) is 11.1 Å². The highest BCUT2D eigenvalue weighted by molar-refractivity contribution is 5.92. The van der Waals surface area contributed by atoms with Gasteiger partial charge in [-0.3, -0.25) is 4.79 Å². The second-order valence-corrected chi connectivity index (χ2v) is 6.67. The van der Waals surface area contributed by atoms with Crippen LogP contribution >= 0.6 is 0 Å². The third-order valence-electron chi connectivity index (χ3n) is 3.98. The zero-order valence-corrected chi connectivity index (χ0v) is 18.1. The molecule has 1 aromatic carbocycles. The Morgan fingerprint density at radius 2 is 1.63 bits per heavy atom. The van der Waals surface area contributed by atoms with Gasteiger partial charge in [0, 0.05) is 6.07 Å². The number of primary amides is 1. The SMILES string of the molecule is CC(C)c1cccc(C(C)C)c1OC(=O)OC[n+]1cccc(C(N)=O)c1.[I-]. The molecular formula is C20H25IN2O4. The number of aromatic nitrogens is 1. The van der Waals surface area contributed by atoms with Crippen LogP contribution in [0.1, 0.15) is 61.0 Å². The Kier molecular flexibility index (Phi) is 8.68. The van der Waals surface area contributed by atoms with E-state index in [1.807, 2.05) is 45.9 Å². The van der Waals surface area contributed by atoms with Crippen molar-refractivity contribution in [1.29, 1.82) is 0 Å². The zero-order chi connectivity index (χ0) is 19.3. The summed E-state index contributed by atoms with van der Waals surface area (Å²) in [4.78, 5) is 23.4. The van der Waals surface area contributed by atoms with Gasteiger partial charge in [-0.25, -0.2) is 4.79 Å². The van der Waals surface area contributed by atoms with Crippen LogP contribution in [0.15, 0.2) is 42.7 Å². The van der Waals surface area contributed by atoms with Crippen LogP contribution in [0.25, 0.3) is 0 Å². The molecule has 2 N–H and O–H groups in total. The van der Waals surface area contributed by atoms with Gasteiger partial charge < -0.3 is 39.2 Å². The second-order valence-electron chi connectivity index (χ2n) is 6.67. The molecule has 1 aromatic heterocycles. The van der Waals surface area contributed by atoms with Crippen molar-refractivity contribution in [2.75, 3.05) is 0 Å². The molecule has 6 nitrogen and oxygen atoms in total. The first-order chi connectivity index (χ1) is 12.3. The van der Waals surface area contributed by atoms with Crippen LogP contribution in [0.4, 0.5) is 4.79 Å². The van der Waals surface area contributed by atoms with Crippen molar-refractivity contribution in [1.82, 2.24) is 0 Å². The van der Waals surface area contributed by atoms with E-state index in [1.165, 1.54) is 6.20 Å². The fourth-order valence-electron chi connectivity index (χ4n) is 2.59. The van der Waals surface area contributed by atoms with Gasteiger partial charge in [0.2, 0.25) is 0 Å². The average Bonchev–Trinajstić information content (AvgIpc) is 2.60. The van der Waals surface area contributed by atoms with Crippen molar-refractivity contribution in [2.24, 2.45) is 5.73 Å². The maximum Gasteiger partial charge on any atom is 0.518 e. The van der Waals surface area contributed by atoms with E-state index in [0.29, 0.717) is 11.3 Å². The summed E-state index contributed by atoms with van der Waals surface area (Å²) >= 11 is 0. The molecule has 0 aliphatic carbocycles. The Bertz CT molecular complexity index is 780. The van der Waals surface area contributed by atoms with Crippen LogP contribution in [-0.2, 0) is 11.5 Å². The van der Waals surface area contributed by atoms with E-state index in [9.17, 15) is 9.59 Å². The number of pyridine rings is 1. The van der Waals surface area contributed by atoms with Crippen molar-refractivity contribution in [2.45, 2.75) is 46.3 Å². The monoisotopic (exact) mass is 484 g/mol. The number of hydrogen-bond acceptors (Lipinski definition) is 4. The summed E-state index contributed by atoms with van der Waals surface area (Å²) in [5, 5.41) is 0. The molecule has 0 saturated carbocycles. The molecule has 0 spiro atoms. The van der Waals surface area contributed by atoms with Gasteiger partial charge in [-0.15, -0.1) is 0 Å². The van der Waals surface area contributed by atoms with Gasteiger partial charge in [-0.2, -0.15) is 4.57 Å². The molecule has 0 saturated heterocycles. The summed E-state index contributed by atoms with van der Waals surface area (Å²) in [5.41, 5.74) is 7.49. The number of carbonyl (C=O) groups is 2. The normalized spacial score (nSPS) is 10.4. The molecule has 0 aliphatic rings. The lowest BCUT2D eigenvalue weighted by Crippen LogP contribution is -3.00. The molecule has 0 radical (unpaired) electrons. The van der Waals surface area contributed by atoms with E-state index in [2.05, 4.69) is 0 Å². The van der Waals surface area contributed by atoms with E-state index in [4.69, 9.17) is 15.2 Å². The molecule has 2 rings (SSSR count). The molecule has 2 aromatic rings. The number of ether oxygens (including phenoxy) is 2. The Morgan fingerprint density at radius 1 is 1.04 bits per heavy atom. The Hall–Kier alpha value is -2.16. The van der Waals surface area contributed by atoms with Crippen LogP contribution in [0.3, 0.4) is 0 Å². The minimum atomic E-state index is -0.794. The number of hydrogen-bond donors (Lipinski definition) is 1. The first-order valence-electron chi connectivity index (χ1n) is 8.56. The van der Waals surface area contributed by atoms with Crippen LogP contribution in [0, 0.1) is 0 Å². The van der Waals surface area contributed by atoms with Crippen molar-refractivity contribution < 1.29 is 47.6 Å². The maximum atomic E-state index is 12.2. The number of rotatable bonds is 6. The van der Waals surface area contributed by atoms with Crippen LogP contribution in [-0.4, -0.2) is 12.1 Å². The van der Waals surface area contributed by atoms with Gasteiger partial charge in [0.15, 0.2) is 12.4 Å². The maximum absolute atomic E-state index is 12.2. The number of carbonyl (C=O) groups excluding carboxylic acids is 2. The highest BCUT2D eigenvalue weighted by atomic mass is 127. The summed E-state index contributed by atoms with van der Waals surface area (Å²) in [6.07, 6.45) is 2.38. The molecule has 0 unspecified atom stereocenters. The molecule has 146 valence electrons. The van der Waals surface area contributed by atoms with Gasteiger partial charge in [-0.05, 0) is 29.0 Å². The first kappa shape index (κ1) is 22.9. The van der Waals surface area contributed by atoms with Crippen molar-refractivity contribution >= 4 is 12.1 Å². The minimum absolute atomic E-state index is 0. The smallest absolute Gasteiger partial charge is 0.518 e. The standard InChI is InChI=1S/C20H24N2O4.HI/c1-13(2)16-8-5-9-17(14(3)4)18(16)26-20(24)25-12-22-10-6-7-15(11-22)19(21)23;/h5-11,13-14H,12H2,1-4H3,(H-,21,23);1H. The number of halogens is 1. The summed E-state index contributed by atoms with van der Waals surface area (Å²) in [6, 6.07) is 9.10. The minimum Gasteiger partial charge on any atom is -1.00 e. The lowest BCUT2D eigenvalue weighted by molar-refractivity contribution is -0.727. The summed E-state index contributed by atoms with van der Waals surface area (Å²) in [5.74, 6) is 0.420. The number of amides is 1. The molecule has 0 fully saturated rings. The predicted molar refractivity (Wildman–Crippen MR) is 96.9 cm³/mol. The lowest BCUT2D eigenvalue weighted by Gasteiger charge is -2.18. The quantitative estimate of drug-likeness (QED) is 0.280. The van der Waals surface area contributed by atoms with Crippen LogP contribution in [0.2, 0.25) is 0 Å². The Morgan fingerprint density at radius 3 is 2.15 bits per heavy atom. The van der Waals surface area contributed by atoms with Crippen LogP contribution in [0.5, 0.6) is 5.75 Å². The molecule has 0 atom stereocenters. The van der Waals surface area contributed by atoms with E-state index < -0.39 is 12.1 Å². The Balaban J connectivity index is 0.00000364. The van der Waals surface area contributed by atoms with Gasteiger partial charge in [0.25, 0.3) is 12.6 Å². The highest BCUT2D eigenvalue weighted by Gasteiger charge is 2.19. The first-order valence-corrected chi connectivity index (χ1v) is 8.56. The topological polar surface area (TPSA) is 82.5 Å². The fourth-order valence-corrected chi connectivity index (χ4v) is 2.59. The average molecular weight is 484 g/mol. The van der Waals surface area contributed by atoms with E-state index in [-0.39, 0.29) is 42.5 Å². The number of para-hydroxylation sites is 1. The van der Waals surface area contributed by atoms with Gasteiger partial charge >= 0.3 is 6.16 Å². The summed E-state index contributed by atoms with van der Waals surface area (Å²) in [7, 11) is 0. The molecule has 0 bridgehead atoms. The van der Waals surface area contributed by atoms with Gasteiger partial charge in [-0.1, -0.05) is 45.9 Å². The highest BCUT2D eigenvalue weighted by Crippen LogP contribution is 2.34. The third kappa shape index (κ3) is 6.20.